The Bertz CT molecular complexity index is 969. The van der Waals surface area contributed by atoms with Gasteiger partial charge in [0.15, 0.2) is 0 Å². The van der Waals surface area contributed by atoms with Crippen molar-refractivity contribution in [1.29, 1.82) is 0 Å². The Morgan fingerprint density at radius 1 is 1.14 bits per heavy atom. The van der Waals surface area contributed by atoms with E-state index < -0.39 is 0 Å². The highest BCUT2D eigenvalue weighted by Crippen LogP contribution is 2.29. The number of nitrogens with zero attached hydrogens (tertiary/aromatic N) is 3. The fraction of sp³-hybridized carbons (Fsp3) is 0.286. The summed E-state index contributed by atoms with van der Waals surface area (Å²) in [4.78, 5) is 23.9. The first-order valence-electron chi connectivity index (χ1n) is 9.37. The monoisotopic (exact) mass is 378 g/mol. The summed E-state index contributed by atoms with van der Waals surface area (Å²) < 4.78 is 11.0. The van der Waals surface area contributed by atoms with Crippen molar-refractivity contribution in [2.75, 3.05) is 43.1 Å². The molecule has 1 amide bonds. The van der Waals surface area contributed by atoms with Crippen molar-refractivity contribution in [1.82, 2.24) is 9.97 Å². The summed E-state index contributed by atoms with van der Waals surface area (Å²) >= 11 is 0. The largest absolute Gasteiger partial charge is 0.493 e. The molecule has 0 unspecified atom stereocenters. The van der Waals surface area contributed by atoms with Gasteiger partial charge in [0, 0.05) is 13.1 Å². The van der Waals surface area contributed by atoms with Crippen LogP contribution in [0.1, 0.15) is 17.3 Å². The number of rotatable bonds is 5. The Kier molecular flexibility index (Phi) is 5.34. The van der Waals surface area contributed by atoms with Crippen molar-refractivity contribution < 1.29 is 14.3 Å². The van der Waals surface area contributed by atoms with Crippen LogP contribution in [0.25, 0.3) is 10.8 Å². The standard InChI is InChI=1S/C21H22N4O3/c1-2-28-18-8-7-15-5-3-4-6-17(15)19(18)20(26)24-16-13-22-21(23-14-16)25-9-11-27-12-10-25/h3-8,13-14H,2,9-12H2,1H3,(H,24,26). The Balaban J connectivity index is 1.59. The molecule has 2 heterocycles. The average molecular weight is 378 g/mol. The molecule has 144 valence electrons. The molecular weight excluding hydrogens is 356 g/mol. The Morgan fingerprint density at radius 2 is 1.89 bits per heavy atom. The highest BCUT2D eigenvalue weighted by atomic mass is 16.5. The summed E-state index contributed by atoms with van der Waals surface area (Å²) in [5, 5.41) is 4.72. The number of nitrogens with one attached hydrogen (secondary N) is 1. The normalized spacial score (nSPS) is 14.1. The first-order valence-corrected chi connectivity index (χ1v) is 9.37. The van der Waals surface area contributed by atoms with Crippen LogP contribution in [0.4, 0.5) is 11.6 Å². The summed E-state index contributed by atoms with van der Waals surface area (Å²) in [6, 6.07) is 11.5. The number of amides is 1. The second kappa shape index (κ2) is 8.22. The second-order valence-electron chi connectivity index (χ2n) is 6.42. The molecule has 28 heavy (non-hydrogen) atoms. The van der Waals surface area contributed by atoms with Crippen molar-refractivity contribution >= 4 is 28.3 Å². The number of carbonyl (C=O) groups excluding carboxylic acids is 1. The van der Waals surface area contributed by atoms with E-state index in [1.54, 1.807) is 12.4 Å². The Labute approximate surface area is 163 Å². The van der Waals surface area contributed by atoms with Gasteiger partial charge in [0.2, 0.25) is 5.95 Å². The fourth-order valence-electron chi connectivity index (χ4n) is 3.27. The van der Waals surface area contributed by atoms with Crippen LogP contribution >= 0.6 is 0 Å². The number of hydrogen-bond donors (Lipinski definition) is 1. The van der Waals surface area contributed by atoms with Crippen LogP contribution < -0.4 is 15.0 Å². The molecule has 0 spiro atoms. The van der Waals surface area contributed by atoms with Gasteiger partial charge in [-0.3, -0.25) is 4.79 Å². The van der Waals surface area contributed by atoms with E-state index in [-0.39, 0.29) is 5.91 Å². The predicted octanol–water partition coefficient (Wildman–Crippen LogP) is 3.12. The fourth-order valence-corrected chi connectivity index (χ4v) is 3.27. The van der Waals surface area contributed by atoms with Gasteiger partial charge in [0.1, 0.15) is 5.75 Å². The molecule has 1 saturated heterocycles. The predicted molar refractivity (Wildman–Crippen MR) is 108 cm³/mol. The Morgan fingerprint density at radius 3 is 2.64 bits per heavy atom. The van der Waals surface area contributed by atoms with Crippen LogP contribution in [0.2, 0.25) is 0 Å². The van der Waals surface area contributed by atoms with Gasteiger partial charge < -0.3 is 19.7 Å². The van der Waals surface area contributed by atoms with Crippen LogP contribution in [0.3, 0.4) is 0 Å². The summed E-state index contributed by atoms with van der Waals surface area (Å²) in [7, 11) is 0. The first-order chi connectivity index (χ1) is 13.8. The molecule has 1 N–H and O–H groups in total. The smallest absolute Gasteiger partial charge is 0.260 e. The quantitative estimate of drug-likeness (QED) is 0.735. The lowest BCUT2D eigenvalue weighted by molar-refractivity contribution is 0.102. The van der Waals surface area contributed by atoms with E-state index in [4.69, 9.17) is 9.47 Å². The molecule has 1 fully saturated rings. The van der Waals surface area contributed by atoms with Crippen molar-refractivity contribution in [2.45, 2.75) is 6.92 Å². The third kappa shape index (κ3) is 3.75. The highest BCUT2D eigenvalue weighted by Gasteiger charge is 2.18. The number of anilines is 2. The third-order valence-corrected chi connectivity index (χ3v) is 4.61. The van der Waals surface area contributed by atoms with Gasteiger partial charge in [0.05, 0.1) is 43.5 Å². The van der Waals surface area contributed by atoms with Gasteiger partial charge in [-0.2, -0.15) is 0 Å². The number of aromatic nitrogens is 2. The zero-order valence-electron chi connectivity index (χ0n) is 15.7. The number of hydrogen-bond acceptors (Lipinski definition) is 6. The molecule has 0 saturated carbocycles. The van der Waals surface area contributed by atoms with E-state index >= 15 is 0 Å². The molecule has 0 atom stereocenters. The van der Waals surface area contributed by atoms with E-state index in [1.807, 2.05) is 43.3 Å². The van der Waals surface area contributed by atoms with Crippen LogP contribution in [-0.2, 0) is 4.74 Å². The van der Waals surface area contributed by atoms with E-state index in [1.165, 1.54) is 0 Å². The number of morpholine rings is 1. The topological polar surface area (TPSA) is 76.6 Å². The zero-order valence-corrected chi connectivity index (χ0v) is 15.7. The second-order valence-corrected chi connectivity index (χ2v) is 6.42. The van der Waals surface area contributed by atoms with E-state index in [9.17, 15) is 4.79 Å². The summed E-state index contributed by atoms with van der Waals surface area (Å²) in [6.07, 6.45) is 3.25. The van der Waals surface area contributed by atoms with E-state index in [2.05, 4.69) is 20.2 Å². The summed E-state index contributed by atoms with van der Waals surface area (Å²) in [5.41, 5.74) is 1.05. The number of ether oxygens (including phenoxy) is 2. The molecule has 1 aromatic heterocycles. The number of benzene rings is 2. The van der Waals surface area contributed by atoms with Gasteiger partial charge >= 0.3 is 0 Å². The molecule has 2 aromatic carbocycles. The van der Waals surface area contributed by atoms with Crippen LogP contribution in [-0.4, -0.2) is 48.8 Å². The van der Waals surface area contributed by atoms with Crippen LogP contribution in [0, 0.1) is 0 Å². The lowest BCUT2D eigenvalue weighted by Crippen LogP contribution is -2.37. The lowest BCUT2D eigenvalue weighted by atomic mass is 10.0. The highest BCUT2D eigenvalue weighted by molar-refractivity contribution is 6.14. The van der Waals surface area contributed by atoms with Gasteiger partial charge in [-0.1, -0.05) is 30.3 Å². The molecule has 0 aliphatic carbocycles. The Hall–Kier alpha value is -3.19. The van der Waals surface area contributed by atoms with Gasteiger partial charge in [-0.15, -0.1) is 0 Å². The minimum atomic E-state index is -0.247. The van der Waals surface area contributed by atoms with Crippen LogP contribution in [0.5, 0.6) is 5.75 Å². The molecule has 4 rings (SSSR count). The lowest BCUT2D eigenvalue weighted by Gasteiger charge is -2.26. The van der Waals surface area contributed by atoms with Gasteiger partial charge in [-0.25, -0.2) is 9.97 Å². The number of carbonyl (C=O) groups is 1. The maximum Gasteiger partial charge on any atom is 0.260 e. The third-order valence-electron chi connectivity index (χ3n) is 4.61. The molecule has 3 aromatic rings. The average Bonchev–Trinajstić information content (AvgIpc) is 2.75. The molecule has 1 aliphatic rings. The summed E-state index contributed by atoms with van der Waals surface area (Å²) in [5.74, 6) is 0.953. The molecule has 7 nitrogen and oxygen atoms in total. The molecule has 7 heteroatoms. The summed E-state index contributed by atoms with van der Waals surface area (Å²) in [6.45, 7) is 5.25. The molecule has 1 aliphatic heterocycles. The van der Waals surface area contributed by atoms with Crippen molar-refractivity contribution in [3.63, 3.8) is 0 Å². The van der Waals surface area contributed by atoms with Gasteiger partial charge in [-0.05, 0) is 23.8 Å². The van der Waals surface area contributed by atoms with Crippen molar-refractivity contribution in [2.24, 2.45) is 0 Å². The number of fused-ring (bicyclic) bond motifs is 1. The molecule has 0 bridgehead atoms. The first kappa shape index (κ1) is 18.2. The maximum absolute atomic E-state index is 13.0. The van der Waals surface area contributed by atoms with Gasteiger partial charge in [0.25, 0.3) is 5.91 Å². The van der Waals surface area contributed by atoms with Crippen LogP contribution in [0.15, 0.2) is 48.8 Å². The molecule has 0 radical (unpaired) electrons. The minimum absolute atomic E-state index is 0.247. The zero-order chi connectivity index (χ0) is 19.3. The SMILES string of the molecule is CCOc1ccc2ccccc2c1C(=O)Nc1cnc(N2CCOCC2)nc1. The van der Waals surface area contributed by atoms with E-state index in [0.717, 1.165) is 23.9 Å². The van der Waals surface area contributed by atoms with E-state index in [0.29, 0.717) is 42.8 Å². The van der Waals surface area contributed by atoms with Crippen molar-refractivity contribution in [3.8, 4) is 5.75 Å². The molecular formula is C21H22N4O3. The maximum atomic E-state index is 13.0. The van der Waals surface area contributed by atoms with Crippen molar-refractivity contribution in [3.05, 3.63) is 54.4 Å². The minimum Gasteiger partial charge on any atom is -0.493 e.